The van der Waals surface area contributed by atoms with Gasteiger partial charge >= 0.3 is 0 Å². The summed E-state index contributed by atoms with van der Waals surface area (Å²) in [7, 11) is -1.43. The summed E-state index contributed by atoms with van der Waals surface area (Å²) >= 11 is 3.41. The lowest BCUT2D eigenvalue weighted by Crippen LogP contribution is -2.45. The summed E-state index contributed by atoms with van der Waals surface area (Å²) in [6.07, 6.45) is 6.54. The number of rotatable bonds is 3. The van der Waals surface area contributed by atoms with Crippen molar-refractivity contribution in [2.45, 2.75) is 18.9 Å². The maximum atomic E-state index is 11.5. The van der Waals surface area contributed by atoms with Gasteiger partial charge in [-0.1, -0.05) is 0 Å². The van der Waals surface area contributed by atoms with Crippen LogP contribution in [0.4, 0.5) is 5.69 Å². The van der Waals surface area contributed by atoms with Crippen molar-refractivity contribution in [3.63, 3.8) is 0 Å². The topological polar surface area (TPSA) is 53.5 Å². The van der Waals surface area contributed by atoms with Crippen LogP contribution in [0.15, 0.2) is 22.9 Å². The number of anilines is 1. The highest BCUT2D eigenvalue weighted by molar-refractivity contribution is 9.10. The Balaban J connectivity index is 2.00. The summed E-state index contributed by atoms with van der Waals surface area (Å²) in [5.41, 5.74) is 1.08. The number of hydrogen-bond acceptors (Lipinski definition) is 4. The fraction of sp³-hybridized carbons (Fsp3) is 0.583. The van der Waals surface area contributed by atoms with Gasteiger partial charge in [0.25, 0.3) is 0 Å². The predicted molar refractivity (Wildman–Crippen MR) is 79.8 cm³/mol. The van der Waals surface area contributed by atoms with Gasteiger partial charge < -0.3 is 4.90 Å². The van der Waals surface area contributed by atoms with Crippen molar-refractivity contribution in [2.75, 3.05) is 31.3 Å². The van der Waals surface area contributed by atoms with Gasteiger partial charge in [0.2, 0.25) is 10.0 Å². The SMILES string of the molecule is CN(C1CCN(c2cncc(Br)c2)CC1)S(C)(=O)=O. The highest BCUT2D eigenvalue weighted by atomic mass is 79.9. The van der Waals surface area contributed by atoms with E-state index in [0.717, 1.165) is 36.1 Å². The number of aromatic nitrogens is 1. The molecular formula is C12H18BrN3O2S. The predicted octanol–water partition coefficient (Wildman–Crippen LogP) is 1.70. The van der Waals surface area contributed by atoms with Crippen LogP contribution in [0, 0.1) is 0 Å². The van der Waals surface area contributed by atoms with E-state index in [1.54, 1.807) is 13.2 Å². The Morgan fingerprint density at radius 2 is 2.00 bits per heavy atom. The van der Waals surface area contributed by atoms with Gasteiger partial charge in [-0.15, -0.1) is 0 Å². The maximum Gasteiger partial charge on any atom is 0.211 e. The molecule has 0 atom stereocenters. The molecule has 1 aliphatic heterocycles. The lowest BCUT2D eigenvalue weighted by atomic mass is 10.1. The molecule has 0 spiro atoms. The van der Waals surface area contributed by atoms with Gasteiger partial charge in [-0.05, 0) is 34.8 Å². The minimum atomic E-state index is -3.10. The second-order valence-corrected chi connectivity index (χ2v) is 7.82. The Morgan fingerprint density at radius 3 is 2.53 bits per heavy atom. The number of pyridine rings is 1. The third kappa shape index (κ3) is 3.67. The van der Waals surface area contributed by atoms with Crippen LogP contribution in [-0.2, 0) is 10.0 Å². The van der Waals surface area contributed by atoms with Crippen molar-refractivity contribution in [3.8, 4) is 0 Å². The van der Waals surface area contributed by atoms with E-state index in [0.29, 0.717) is 0 Å². The van der Waals surface area contributed by atoms with Crippen molar-refractivity contribution in [2.24, 2.45) is 0 Å². The van der Waals surface area contributed by atoms with Gasteiger partial charge in [0.15, 0.2) is 0 Å². The van der Waals surface area contributed by atoms with Gasteiger partial charge in [0.1, 0.15) is 0 Å². The smallest absolute Gasteiger partial charge is 0.211 e. The lowest BCUT2D eigenvalue weighted by molar-refractivity contribution is 0.314. The van der Waals surface area contributed by atoms with E-state index < -0.39 is 10.0 Å². The van der Waals surface area contributed by atoms with Crippen molar-refractivity contribution in [1.29, 1.82) is 0 Å². The van der Waals surface area contributed by atoms with Crippen LogP contribution in [0.3, 0.4) is 0 Å². The van der Waals surface area contributed by atoms with E-state index in [2.05, 4.69) is 25.8 Å². The second kappa shape index (κ2) is 5.76. The molecule has 1 aromatic rings. The molecule has 1 aliphatic rings. The summed E-state index contributed by atoms with van der Waals surface area (Å²) in [5.74, 6) is 0. The number of hydrogen-bond donors (Lipinski definition) is 0. The first kappa shape index (κ1) is 14.7. The highest BCUT2D eigenvalue weighted by Gasteiger charge is 2.27. The molecule has 2 heterocycles. The molecule has 0 unspecified atom stereocenters. The summed E-state index contributed by atoms with van der Waals surface area (Å²) in [4.78, 5) is 6.40. The van der Waals surface area contributed by atoms with Crippen LogP contribution in [0.2, 0.25) is 0 Å². The van der Waals surface area contributed by atoms with Crippen molar-refractivity contribution >= 4 is 31.6 Å². The Kier molecular flexibility index (Phi) is 4.47. The van der Waals surface area contributed by atoms with Crippen LogP contribution in [0.25, 0.3) is 0 Å². The van der Waals surface area contributed by atoms with Crippen molar-refractivity contribution < 1.29 is 8.42 Å². The zero-order valence-electron chi connectivity index (χ0n) is 11.1. The molecule has 1 fully saturated rings. The van der Waals surface area contributed by atoms with E-state index in [-0.39, 0.29) is 6.04 Å². The largest absolute Gasteiger partial charge is 0.370 e. The van der Waals surface area contributed by atoms with Crippen LogP contribution in [0.5, 0.6) is 0 Å². The van der Waals surface area contributed by atoms with E-state index in [9.17, 15) is 8.42 Å². The molecule has 0 amide bonds. The summed E-state index contributed by atoms with van der Waals surface area (Å²) in [5, 5.41) is 0. The fourth-order valence-corrected chi connectivity index (χ4v) is 3.44. The number of sulfonamides is 1. The molecule has 0 bridgehead atoms. The summed E-state index contributed by atoms with van der Waals surface area (Å²) in [6.45, 7) is 1.70. The van der Waals surface area contributed by atoms with Crippen molar-refractivity contribution in [1.82, 2.24) is 9.29 Å². The Bertz CT molecular complexity index is 542. The monoisotopic (exact) mass is 347 g/mol. The first-order valence-electron chi connectivity index (χ1n) is 6.16. The quantitative estimate of drug-likeness (QED) is 0.835. The van der Waals surface area contributed by atoms with E-state index in [4.69, 9.17) is 0 Å². The summed E-state index contributed by atoms with van der Waals surface area (Å²) < 4.78 is 25.5. The molecule has 1 aromatic heterocycles. The molecule has 106 valence electrons. The Hall–Kier alpha value is -0.660. The first-order chi connectivity index (χ1) is 8.88. The Morgan fingerprint density at radius 1 is 1.37 bits per heavy atom. The van der Waals surface area contributed by atoms with Crippen molar-refractivity contribution in [3.05, 3.63) is 22.9 Å². The zero-order chi connectivity index (χ0) is 14.0. The molecule has 0 aliphatic carbocycles. The molecule has 0 saturated carbocycles. The third-order valence-electron chi connectivity index (χ3n) is 3.56. The average Bonchev–Trinajstić information content (AvgIpc) is 2.37. The molecule has 2 rings (SSSR count). The minimum absolute atomic E-state index is 0.103. The molecule has 5 nitrogen and oxygen atoms in total. The fourth-order valence-electron chi connectivity index (χ4n) is 2.33. The van der Waals surface area contributed by atoms with Crippen LogP contribution in [-0.4, -0.2) is 50.1 Å². The average molecular weight is 348 g/mol. The normalized spacial score (nSPS) is 18.0. The maximum absolute atomic E-state index is 11.5. The molecular weight excluding hydrogens is 330 g/mol. The third-order valence-corrected chi connectivity index (χ3v) is 5.34. The van der Waals surface area contributed by atoms with Crippen LogP contribution >= 0.6 is 15.9 Å². The molecule has 0 radical (unpaired) electrons. The number of piperidine rings is 1. The molecule has 7 heteroatoms. The number of halogens is 1. The van der Waals surface area contributed by atoms with Gasteiger partial charge in [-0.25, -0.2) is 12.7 Å². The lowest BCUT2D eigenvalue weighted by Gasteiger charge is -2.36. The van der Waals surface area contributed by atoms with Gasteiger partial charge in [0.05, 0.1) is 18.1 Å². The Labute approximate surface area is 122 Å². The van der Waals surface area contributed by atoms with Gasteiger partial charge in [0, 0.05) is 36.8 Å². The van der Waals surface area contributed by atoms with Gasteiger partial charge in [-0.2, -0.15) is 0 Å². The molecule has 0 N–H and O–H groups in total. The minimum Gasteiger partial charge on any atom is -0.370 e. The van der Waals surface area contributed by atoms with E-state index in [1.165, 1.54) is 10.6 Å². The molecule has 0 aromatic carbocycles. The van der Waals surface area contributed by atoms with Gasteiger partial charge in [-0.3, -0.25) is 4.98 Å². The van der Waals surface area contributed by atoms with Crippen LogP contribution < -0.4 is 4.90 Å². The zero-order valence-corrected chi connectivity index (χ0v) is 13.5. The summed E-state index contributed by atoms with van der Waals surface area (Å²) in [6, 6.07) is 2.14. The van der Waals surface area contributed by atoms with E-state index in [1.807, 2.05) is 12.3 Å². The second-order valence-electron chi connectivity index (χ2n) is 4.86. The molecule has 19 heavy (non-hydrogen) atoms. The highest BCUT2D eigenvalue weighted by Crippen LogP contribution is 2.24. The van der Waals surface area contributed by atoms with E-state index >= 15 is 0 Å². The van der Waals surface area contributed by atoms with Crippen LogP contribution in [0.1, 0.15) is 12.8 Å². The first-order valence-corrected chi connectivity index (χ1v) is 8.80. The number of nitrogens with zero attached hydrogens (tertiary/aromatic N) is 3. The standard InChI is InChI=1S/C12H18BrN3O2S/c1-15(19(2,17)18)11-3-5-16(6-4-11)12-7-10(13)8-14-9-12/h7-9,11H,3-6H2,1-2H3. The molecule has 1 saturated heterocycles.